The van der Waals surface area contributed by atoms with Gasteiger partial charge in [0.05, 0.1) is 40.8 Å². The summed E-state index contributed by atoms with van der Waals surface area (Å²) >= 11 is 0. The van der Waals surface area contributed by atoms with E-state index in [1.165, 1.54) is 70.6 Å². The number of carbonyl (C=O) groups is 1. The molecule has 0 amide bonds. The molecule has 0 heterocycles. The minimum absolute atomic E-state index is 0.0677. The number of allylic oxidation sites excluding steroid dienone is 11. The smallest absolute Gasteiger partial charge is 0.457 e. The summed E-state index contributed by atoms with van der Waals surface area (Å²) in [5.41, 5.74) is 0. The van der Waals surface area contributed by atoms with E-state index in [9.17, 15) is 14.3 Å². The molecule has 0 aromatic carbocycles. The van der Waals surface area contributed by atoms with Crippen LogP contribution in [0.1, 0.15) is 142 Å². The van der Waals surface area contributed by atoms with Gasteiger partial charge < -0.3 is 18.9 Å². The number of quaternary nitrogens is 1. The van der Waals surface area contributed by atoms with Crippen LogP contribution >= 0.6 is 7.82 Å². The van der Waals surface area contributed by atoms with Gasteiger partial charge >= 0.3 is 13.8 Å². The summed E-state index contributed by atoms with van der Waals surface area (Å²) in [5, 5.41) is 0. The molecule has 306 valence electrons. The van der Waals surface area contributed by atoms with Crippen LogP contribution in [0.25, 0.3) is 0 Å². The van der Waals surface area contributed by atoms with E-state index in [1.807, 2.05) is 27.2 Å². The van der Waals surface area contributed by atoms with E-state index >= 15 is 0 Å². The van der Waals surface area contributed by atoms with Gasteiger partial charge in [0.15, 0.2) is 0 Å². The first kappa shape index (κ1) is 50.9. The molecule has 0 rings (SSSR count). The van der Waals surface area contributed by atoms with E-state index in [2.05, 4.69) is 74.6 Å². The molecule has 0 fully saturated rings. The van der Waals surface area contributed by atoms with Gasteiger partial charge in [-0.15, -0.1) is 0 Å². The molecule has 8 nitrogen and oxygen atoms in total. The lowest BCUT2D eigenvalue weighted by atomic mass is 10.1. The number of unbranched alkanes of at least 4 members (excludes halogenated alkanes) is 12. The summed E-state index contributed by atoms with van der Waals surface area (Å²) in [6.07, 6.45) is 46.8. The van der Waals surface area contributed by atoms with E-state index in [1.54, 1.807) is 6.08 Å². The van der Waals surface area contributed by atoms with Crippen LogP contribution in [0.15, 0.2) is 72.9 Å². The zero-order valence-corrected chi connectivity index (χ0v) is 35.4. The number of likely N-dealkylation sites (N-methyl/N-ethyl adjacent to an activating group) is 1. The van der Waals surface area contributed by atoms with Gasteiger partial charge in [-0.05, 0) is 64.2 Å². The maximum Gasteiger partial charge on any atom is 0.472 e. The van der Waals surface area contributed by atoms with Crippen LogP contribution in [-0.2, 0) is 27.9 Å². The van der Waals surface area contributed by atoms with Gasteiger partial charge in [0.1, 0.15) is 19.3 Å². The monoisotopic (exact) mass is 765 g/mol. The molecule has 0 aliphatic rings. The molecule has 53 heavy (non-hydrogen) atoms. The third kappa shape index (κ3) is 41.0. The van der Waals surface area contributed by atoms with Crippen molar-refractivity contribution in [1.82, 2.24) is 0 Å². The number of phosphoric acid groups is 1. The second-order valence-electron chi connectivity index (χ2n) is 14.6. The van der Waals surface area contributed by atoms with Crippen molar-refractivity contribution in [1.29, 1.82) is 0 Å². The van der Waals surface area contributed by atoms with Crippen molar-refractivity contribution in [3.63, 3.8) is 0 Å². The highest BCUT2D eigenvalue weighted by atomic mass is 31.2. The molecule has 0 spiro atoms. The lowest BCUT2D eigenvalue weighted by Gasteiger charge is -2.24. The molecule has 0 saturated heterocycles. The molecule has 2 atom stereocenters. The fourth-order valence-corrected chi connectivity index (χ4v) is 5.83. The van der Waals surface area contributed by atoms with Crippen LogP contribution in [0.5, 0.6) is 0 Å². The molecule has 0 aliphatic carbocycles. The molecule has 9 heteroatoms. The molecule has 2 unspecified atom stereocenters. The zero-order chi connectivity index (χ0) is 39.1. The Kier molecular flexibility index (Phi) is 35.5. The average Bonchev–Trinajstić information content (AvgIpc) is 3.11. The maximum absolute atomic E-state index is 12.6. The second-order valence-corrected chi connectivity index (χ2v) is 16.1. The first-order valence-corrected chi connectivity index (χ1v) is 22.2. The highest BCUT2D eigenvalue weighted by molar-refractivity contribution is 7.47. The molecule has 1 N–H and O–H groups in total. The third-order valence-corrected chi connectivity index (χ3v) is 9.27. The lowest BCUT2D eigenvalue weighted by molar-refractivity contribution is -0.870. The number of ether oxygens (including phenoxy) is 2. The van der Waals surface area contributed by atoms with Gasteiger partial charge in [0.2, 0.25) is 0 Å². The van der Waals surface area contributed by atoms with Crippen molar-refractivity contribution >= 4 is 13.8 Å². The van der Waals surface area contributed by atoms with Gasteiger partial charge in [-0.2, -0.15) is 0 Å². The number of phosphoric ester groups is 1. The Morgan fingerprint density at radius 3 is 1.62 bits per heavy atom. The Morgan fingerprint density at radius 1 is 0.604 bits per heavy atom. The van der Waals surface area contributed by atoms with E-state index in [0.29, 0.717) is 17.6 Å². The maximum atomic E-state index is 12.6. The Balaban J connectivity index is 4.42. The standard InChI is InChI=1S/C44H78NO7P/c1-6-8-10-12-14-16-18-20-22-24-26-28-30-32-34-36-39-49-41-43(42-51-53(47,48)50-40-38-45(3,4)5)52-44(46)37-35-33-31-29-27-25-23-21-19-17-15-13-11-9-7-2/h9,11,15,17,20-23,27,29,33,35,43H,6-8,10,12-14,16,18-19,24-26,28,30-32,34,36-42H2,1-5H3/p+1/b11-9-,17-15-,22-20-,23-21-,29-27-,35-33-. The summed E-state index contributed by atoms with van der Waals surface area (Å²) in [7, 11) is 1.60. The number of hydrogen-bond donors (Lipinski definition) is 1. The van der Waals surface area contributed by atoms with Crippen LogP contribution in [-0.4, -0.2) is 75.6 Å². The topological polar surface area (TPSA) is 91.3 Å². The summed E-state index contributed by atoms with van der Waals surface area (Å²) in [6, 6.07) is 0. The second kappa shape index (κ2) is 36.9. The zero-order valence-electron chi connectivity index (χ0n) is 34.5. The third-order valence-electron chi connectivity index (χ3n) is 8.28. The average molecular weight is 765 g/mol. The van der Waals surface area contributed by atoms with Crippen LogP contribution in [0.2, 0.25) is 0 Å². The van der Waals surface area contributed by atoms with Crippen LogP contribution < -0.4 is 0 Å². The number of esters is 1. The van der Waals surface area contributed by atoms with Gasteiger partial charge in [-0.3, -0.25) is 13.8 Å². The predicted molar refractivity (Wildman–Crippen MR) is 224 cm³/mol. The fraction of sp³-hybridized carbons (Fsp3) is 0.705. The van der Waals surface area contributed by atoms with Gasteiger partial charge in [-0.1, -0.05) is 145 Å². The van der Waals surface area contributed by atoms with E-state index in [-0.39, 0.29) is 26.2 Å². The van der Waals surface area contributed by atoms with E-state index in [0.717, 1.165) is 51.4 Å². The predicted octanol–water partition coefficient (Wildman–Crippen LogP) is 11.9. The van der Waals surface area contributed by atoms with Crippen molar-refractivity contribution in [2.75, 3.05) is 54.1 Å². The summed E-state index contributed by atoms with van der Waals surface area (Å²) in [4.78, 5) is 22.8. The normalized spacial score (nSPS) is 14.6. The van der Waals surface area contributed by atoms with Crippen LogP contribution in [0.4, 0.5) is 0 Å². The van der Waals surface area contributed by atoms with E-state index in [4.69, 9.17) is 18.5 Å². The van der Waals surface area contributed by atoms with Crippen molar-refractivity contribution in [3.05, 3.63) is 72.9 Å². The highest BCUT2D eigenvalue weighted by Gasteiger charge is 2.26. The minimum Gasteiger partial charge on any atom is -0.457 e. The number of rotatable bonds is 37. The Hall–Kier alpha value is -2.06. The number of carbonyl (C=O) groups excluding carboxylic acids is 1. The Labute approximate surface area is 325 Å². The largest absolute Gasteiger partial charge is 0.472 e. The van der Waals surface area contributed by atoms with E-state index < -0.39 is 19.9 Å². The Morgan fingerprint density at radius 2 is 1.09 bits per heavy atom. The van der Waals surface area contributed by atoms with Crippen molar-refractivity contribution in [3.8, 4) is 0 Å². The molecule has 0 aliphatic heterocycles. The molecule has 0 aromatic rings. The molecule has 0 aromatic heterocycles. The van der Waals surface area contributed by atoms with Crippen LogP contribution in [0.3, 0.4) is 0 Å². The molecular weight excluding hydrogens is 685 g/mol. The summed E-state index contributed by atoms with van der Waals surface area (Å²) < 4.78 is 34.8. The first-order chi connectivity index (χ1) is 25.6. The first-order valence-electron chi connectivity index (χ1n) is 20.7. The molecule has 0 radical (unpaired) electrons. The number of hydrogen-bond acceptors (Lipinski definition) is 6. The Bertz CT molecular complexity index is 1070. The molecule has 0 bridgehead atoms. The molecular formula is C44H79NO7P+. The lowest BCUT2D eigenvalue weighted by Crippen LogP contribution is -2.37. The van der Waals surface area contributed by atoms with Gasteiger partial charge in [0.25, 0.3) is 0 Å². The quantitative estimate of drug-likeness (QED) is 0.0221. The van der Waals surface area contributed by atoms with Crippen molar-refractivity contribution in [2.45, 2.75) is 148 Å². The minimum atomic E-state index is -4.30. The fourth-order valence-electron chi connectivity index (χ4n) is 5.09. The van der Waals surface area contributed by atoms with Crippen LogP contribution in [0, 0.1) is 0 Å². The van der Waals surface area contributed by atoms with Gasteiger partial charge in [-0.25, -0.2) is 4.57 Å². The summed E-state index contributed by atoms with van der Waals surface area (Å²) in [6.45, 7) is 5.33. The SMILES string of the molecule is CC/C=C\C/C=C\C/C=C\C/C=C\C/C=C\CC(=O)OC(COCCCCCCCC/C=C\CCCCCCCC)COP(=O)(O)OCC[N+](C)(C)C. The van der Waals surface area contributed by atoms with Crippen molar-refractivity contribution < 1.29 is 37.3 Å². The number of nitrogens with zero attached hydrogens (tertiary/aromatic N) is 1. The van der Waals surface area contributed by atoms with Crippen molar-refractivity contribution in [2.24, 2.45) is 0 Å². The summed E-state index contributed by atoms with van der Waals surface area (Å²) in [5.74, 6) is -0.445. The molecule has 0 saturated carbocycles. The van der Waals surface area contributed by atoms with Gasteiger partial charge in [0, 0.05) is 6.61 Å². The highest BCUT2D eigenvalue weighted by Crippen LogP contribution is 2.43.